The van der Waals surface area contributed by atoms with Crippen LogP contribution < -0.4 is 4.74 Å². The van der Waals surface area contributed by atoms with E-state index in [0.717, 1.165) is 5.56 Å². The van der Waals surface area contributed by atoms with Crippen molar-refractivity contribution in [1.82, 2.24) is 4.31 Å². The fraction of sp³-hybridized carbons (Fsp3) is 0.381. The maximum Gasteiger partial charge on any atom is 0.343 e. The molecular weight excluding hydrogens is 378 g/mol. The second-order valence-corrected chi connectivity index (χ2v) is 9.04. The van der Waals surface area contributed by atoms with Crippen molar-refractivity contribution in [2.24, 2.45) is 0 Å². The quantitative estimate of drug-likeness (QED) is 0.565. The fourth-order valence-corrected chi connectivity index (χ4v) is 4.44. The van der Waals surface area contributed by atoms with Gasteiger partial charge in [0, 0.05) is 13.1 Å². The molecular formula is C21H25NO5S. The third-order valence-electron chi connectivity index (χ3n) is 4.79. The molecule has 0 spiro atoms. The van der Waals surface area contributed by atoms with Gasteiger partial charge in [-0.25, -0.2) is 13.2 Å². The summed E-state index contributed by atoms with van der Waals surface area (Å²) >= 11 is 0. The molecule has 1 saturated heterocycles. The Kier molecular flexibility index (Phi) is 6.17. The van der Waals surface area contributed by atoms with Crippen LogP contribution in [0.5, 0.6) is 5.75 Å². The van der Waals surface area contributed by atoms with Crippen molar-refractivity contribution >= 4 is 16.0 Å². The van der Waals surface area contributed by atoms with Crippen LogP contribution in [-0.4, -0.2) is 45.0 Å². The molecule has 1 aliphatic heterocycles. The van der Waals surface area contributed by atoms with Gasteiger partial charge in [-0.15, -0.1) is 0 Å². The zero-order chi connectivity index (χ0) is 20.3. The number of morpholine rings is 1. The smallest absolute Gasteiger partial charge is 0.343 e. The van der Waals surface area contributed by atoms with Crippen LogP contribution in [-0.2, 0) is 14.8 Å². The topological polar surface area (TPSA) is 72.9 Å². The van der Waals surface area contributed by atoms with E-state index in [9.17, 15) is 13.2 Å². The normalized spacial score (nSPS) is 15.6. The van der Waals surface area contributed by atoms with E-state index in [1.165, 1.54) is 16.4 Å². The summed E-state index contributed by atoms with van der Waals surface area (Å²) in [4.78, 5) is 12.7. The van der Waals surface area contributed by atoms with E-state index in [2.05, 4.69) is 13.8 Å². The number of carbonyl (C=O) groups is 1. The molecule has 1 heterocycles. The van der Waals surface area contributed by atoms with Crippen molar-refractivity contribution < 1.29 is 22.7 Å². The Morgan fingerprint density at radius 1 is 1.07 bits per heavy atom. The van der Waals surface area contributed by atoms with Crippen molar-refractivity contribution in [3.63, 3.8) is 0 Å². The molecule has 0 bridgehead atoms. The summed E-state index contributed by atoms with van der Waals surface area (Å²) in [6, 6.07) is 11.9. The molecule has 1 fully saturated rings. The van der Waals surface area contributed by atoms with Gasteiger partial charge in [-0.2, -0.15) is 4.31 Å². The number of rotatable bonds is 5. The molecule has 2 aromatic carbocycles. The first-order valence-corrected chi connectivity index (χ1v) is 10.7. The standard InChI is InChI=1S/C21H25NO5S/c1-15(2)17-5-7-18(8-6-17)27-21(23)20-14-19(9-4-16(20)3)28(24,25)22-10-12-26-13-11-22/h4-9,14-15H,10-13H2,1-3H3. The number of carbonyl (C=O) groups excluding carboxylic acids is 1. The van der Waals surface area contributed by atoms with E-state index in [-0.39, 0.29) is 10.5 Å². The van der Waals surface area contributed by atoms with E-state index in [1.807, 2.05) is 12.1 Å². The van der Waals surface area contributed by atoms with Gasteiger partial charge in [0.25, 0.3) is 0 Å². The molecule has 0 N–H and O–H groups in total. The number of benzene rings is 2. The van der Waals surface area contributed by atoms with Crippen LogP contribution in [0, 0.1) is 6.92 Å². The number of esters is 1. The third kappa shape index (κ3) is 4.43. The van der Waals surface area contributed by atoms with Crippen LogP contribution in [0.3, 0.4) is 0 Å². The first-order valence-electron chi connectivity index (χ1n) is 9.29. The van der Waals surface area contributed by atoms with E-state index in [1.54, 1.807) is 25.1 Å². The van der Waals surface area contributed by atoms with Crippen molar-refractivity contribution in [2.75, 3.05) is 26.3 Å². The van der Waals surface area contributed by atoms with Crippen LogP contribution in [0.4, 0.5) is 0 Å². The summed E-state index contributed by atoms with van der Waals surface area (Å²) in [5.74, 6) is 0.234. The monoisotopic (exact) mass is 403 g/mol. The zero-order valence-electron chi connectivity index (χ0n) is 16.3. The van der Waals surface area contributed by atoms with Crippen molar-refractivity contribution in [3.05, 3.63) is 59.2 Å². The molecule has 2 aromatic rings. The van der Waals surface area contributed by atoms with Crippen LogP contribution in [0.25, 0.3) is 0 Å². The van der Waals surface area contributed by atoms with Crippen LogP contribution >= 0.6 is 0 Å². The largest absolute Gasteiger partial charge is 0.423 e. The number of ether oxygens (including phenoxy) is 2. The Bertz CT molecular complexity index is 945. The summed E-state index contributed by atoms with van der Waals surface area (Å²) in [5.41, 5.74) is 2.04. The van der Waals surface area contributed by atoms with Gasteiger partial charge in [0.15, 0.2) is 0 Å². The number of aryl methyl sites for hydroxylation is 1. The second kappa shape index (κ2) is 8.43. The molecule has 0 unspecified atom stereocenters. The van der Waals surface area contributed by atoms with Gasteiger partial charge in [0.2, 0.25) is 10.0 Å². The molecule has 0 aliphatic carbocycles. The highest BCUT2D eigenvalue weighted by Gasteiger charge is 2.27. The van der Waals surface area contributed by atoms with Crippen molar-refractivity contribution in [1.29, 1.82) is 0 Å². The lowest BCUT2D eigenvalue weighted by Crippen LogP contribution is -2.40. The van der Waals surface area contributed by atoms with Gasteiger partial charge in [-0.1, -0.05) is 32.0 Å². The minimum absolute atomic E-state index is 0.0853. The van der Waals surface area contributed by atoms with E-state index >= 15 is 0 Å². The molecule has 0 atom stereocenters. The fourth-order valence-electron chi connectivity index (χ4n) is 3.00. The lowest BCUT2D eigenvalue weighted by Gasteiger charge is -2.26. The highest BCUT2D eigenvalue weighted by atomic mass is 32.2. The van der Waals surface area contributed by atoms with Gasteiger partial charge >= 0.3 is 5.97 Å². The predicted octanol–water partition coefficient (Wildman–Crippen LogP) is 3.36. The molecule has 7 heteroatoms. The molecule has 1 aliphatic rings. The Hall–Kier alpha value is -2.22. The van der Waals surface area contributed by atoms with Crippen LogP contribution in [0.1, 0.15) is 41.3 Å². The average Bonchev–Trinajstić information content (AvgIpc) is 2.69. The first kappa shape index (κ1) is 20.5. The average molecular weight is 404 g/mol. The molecule has 0 radical (unpaired) electrons. The Labute approximate surface area is 166 Å². The maximum atomic E-state index is 12.9. The van der Waals surface area contributed by atoms with Crippen molar-refractivity contribution in [2.45, 2.75) is 31.6 Å². The number of sulfonamides is 1. The highest BCUT2D eigenvalue weighted by Crippen LogP contribution is 2.23. The minimum atomic E-state index is -3.68. The SMILES string of the molecule is Cc1ccc(S(=O)(=O)N2CCOCC2)cc1C(=O)Oc1ccc(C(C)C)cc1. The Morgan fingerprint density at radius 2 is 1.71 bits per heavy atom. The summed E-state index contributed by atoms with van der Waals surface area (Å²) < 4.78 is 37.8. The third-order valence-corrected chi connectivity index (χ3v) is 6.69. The Morgan fingerprint density at radius 3 is 2.32 bits per heavy atom. The lowest BCUT2D eigenvalue weighted by atomic mass is 10.0. The summed E-state index contributed by atoms with van der Waals surface area (Å²) in [6.45, 7) is 7.27. The Balaban J connectivity index is 1.83. The summed E-state index contributed by atoms with van der Waals surface area (Å²) in [5, 5.41) is 0. The number of hydrogen-bond acceptors (Lipinski definition) is 5. The first-order chi connectivity index (χ1) is 13.3. The minimum Gasteiger partial charge on any atom is -0.423 e. The van der Waals surface area contributed by atoms with Gasteiger partial charge in [-0.05, 0) is 48.2 Å². The molecule has 0 saturated carbocycles. The molecule has 3 rings (SSSR count). The molecule has 0 aromatic heterocycles. The lowest BCUT2D eigenvalue weighted by molar-refractivity contribution is 0.0727. The van der Waals surface area contributed by atoms with Crippen LogP contribution in [0.2, 0.25) is 0 Å². The van der Waals surface area contributed by atoms with Gasteiger partial charge < -0.3 is 9.47 Å². The molecule has 6 nitrogen and oxygen atoms in total. The van der Waals surface area contributed by atoms with Gasteiger partial charge in [-0.3, -0.25) is 0 Å². The second-order valence-electron chi connectivity index (χ2n) is 7.11. The van der Waals surface area contributed by atoms with Crippen molar-refractivity contribution in [3.8, 4) is 5.75 Å². The number of hydrogen-bond donors (Lipinski definition) is 0. The van der Waals surface area contributed by atoms with E-state index in [0.29, 0.717) is 43.5 Å². The predicted molar refractivity (Wildman–Crippen MR) is 106 cm³/mol. The van der Waals surface area contributed by atoms with Gasteiger partial charge in [0.1, 0.15) is 5.75 Å². The summed E-state index contributed by atoms with van der Waals surface area (Å²) in [7, 11) is -3.68. The molecule has 150 valence electrons. The number of nitrogens with zero attached hydrogens (tertiary/aromatic N) is 1. The summed E-state index contributed by atoms with van der Waals surface area (Å²) in [6.07, 6.45) is 0. The zero-order valence-corrected chi connectivity index (χ0v) is 17.2. The maximum absolute atomic E-state index is 12.9. The highest BCUT2D eigenvalue weighted by molar-refractivity contribution is 7.89. The van der Waals surface area contributed by atoms with E-state index in [4.69, 9.17) is 9.47 Å². The van der Waals surface area contributed by atoms with Crippen LogP contribution in [0.15, 0.2) is 47.4 Å². The molecule has 0 amide bonds. The van der Waals surface area contributed by atoms with E-state index < -0.39 is 16.0 Å². The molecule has 28 heavy (non-hydrogen) atoms. The van der Waals surface area contributed by atoms with Gasteiger partial charge in [0.05, 0.1) is 23.7 Å².